The number of carbonyl (C=O) groups is 3. The lowest BCUT2D eigenvalue weighted by molar-refractivity contribution is -0.138. The second kappa shape index (κ2) is 13.3. The molecule has 0 fully saturated rings. The van der Waals surface area contributed by atoms with Crippen molar-refractivity contribution in [1.29, 1.82) is 0 Å². The van der Waals surface area contributed by atoms with Crippen molar-refractivity contribution < 1.29 is 23.9 Å². The maximum Gasteiger partial charge on any atom is 0.320 e. The second-order valence-electron chi connectivity index (χ2n) is 9.68. The summed E-state index contributed by atoms with van der Waals surface area (Å²) < 4.78 is 11.4. The molecule has 0 aromatic heterocycles. The number of fused-ring (bicyclic) bond motifs is 1. The molecule has 1 aliphatic rings. The highest BCUT2D eigenvalue weighted by Gasteiger charge is 2.53. The molecule has 10 heteroatoms. The SMILES string of the molecule is CCOC(CN1C(=O)C(CC(=O)Nc2ccc(NC)cc2)(NC(=O)Nc2ccc(C)cc2)c2ccccc21)OCC. The van der Waals surface area contributed by atoms with Crippen molar-refractivity contribution >= 4 is 40.6 Å². The Morgan fingerprint density at radius 1 is 0.854 bits per heavy atom. The first-order valence-electron chi connectivity index (χ1n) is 13.7. The van der Waals surface area contributed by atoms with Crippen LogP contribution in [0.1, 0.15) is 31.4 Å². The Labute approximate surface area is 240 Å². The van der Waals surface area contributed by atoms with Gasteiger partial charge in [0.2, 0.25) is 5.91 Å². The quantitative estimate of drug-likeness (QED) is 0.236. The number of amides is 4. The Kier molecular flexibility index (Phi) is 9.59. The van der Waals surface area contributed by atoms with E-state index in [2.05, 4.69) is 21.3 Å². The van der Waals surface area contributed by atoms with Gasteiger partial charge in [0.1, 0.15) is 0 Å². The molecule has 4 amide bonds. The number of carbonyl (C=O) groups excluding carboxylic acids is 3. The molecule has 10 nitrogen and oxygen atoms in total. The lowest BCUT2D eigenvalue weighted by atomic mass is 9.87. The van der Waals surface area contributed by atoms with Gasteiger partial charge in [-0.25, -0.2) is 4.79 Å². The largest absolute Gasteiger partial charge is 0.388 e. The lowest BCUT2D eigenvalue weighted by Crippen LogP contribution is -2.56. The number of benzene rings is 3. The van der Waals surface area contributed by atoms with Crippen LogP contribution in [0.5, 0.6) is 0 Å². The second-order valence-corrected chi connectivity index (χ2v) is 9.68. The highest BCUT2D eigenvalue weighted by molar-refractivity contribution is 6.12. The number of hydrogen-bond donors (Lipinski definition) is 4. The van der Waals surface area contributed by atoms with E-state index in [-0.39, 0.29) is 13.0 Å². The normalized spacial score (nSPS) is 15.9. The molecule has 0 spiro atoms. The van der Waals surface area contributed by atoms with Gasteiger partial charge in [0, 0.05) is 42.9 Å². The standard InChI is InChI=1S/C31H37N5O5/c1-5-40-28(41-6-2)20-36-26-10-8-7-9-25(26)31(29(36)38,35-30(39)34-24-13-11-21(3)12-14-24)19-27(37)33-23-17-15-22(32-4)16-18-23/h7-18,28,32H,5-6,19-20H2,1-4H3,(H,33,37)(H2,34,35,39). The number of para-hydroxylation sites is 1. The predicted molar refractivity (Wildman–Crippen MR) is 160 cm³/mol. The van der Waals surface area contributed by atoms with E-state index < -0.39 is 29.7 Å². The van der Waals surface area contributed by atoms with Crippen LogP contribution in [0.4, 0.5) is 27.5 Å². The molecule has 0 radical (unpaired) electrons. The van der Waals surface area contributed by atoms with E-state index in [9.17, 15) is 14.4 Å². The van der Waals surface area contributed by atoms with Crippen LogP contribution in [-0.2, 0) is 24.6 Å². The molecule has 3 aromatic carbocycles. The molecule has 0 saturated carbocycles. The average Bonchev–Trinajstić information content (AvgIpc) is 3.17. The molecule has 1 unspecified atom stereocenters. The fourth-order valence-electron chi connectivity index (χ4n) is 4.88. The predicted octanol–water partition coefficient (Wildman–Crippen LogP) is 4.83. The summed E-state index contributed by atoms with van der Waals surface area (Å²) in [6.45, 7) is 6.52. The topological polar surface area (TPSA) is 121 Å². The van der Waals surface area contributed by atoms with Crippen molar-refractivity contribution in [3.05, 3.63) is 83.9 Å². The molecule has 1 heterocycles. The van der Waals surface area contributed by atoms with Gasteiger partial charge in [0.05, 0.1) is 18.7 Å². The Balaban J connectivity index is 1.68. The summed E-state index contributed by atoms with van der Waals surface area (Å²) in [5.74, 6) is -0.892. The number of aryl methyl sites for hydroxylation is 1. The third kappa shape index (κ3) is 6.85. The Hall–Kier alpha value is -4.41. The van der Waals surface area contributed by atoms with E-state index in [4.69, 9.17) is 9.47 Å². The summed E-state index contributed by atoms with van der Waals surface area (Å²) >= 11 is 0. The highest BCUT2D eigenvalue weighted by atomic mass is 16.7. The van der Waals surface area contributed by atoms with Crippen LogP contribution in [0.2, 0.25) is 0 Å². The molecule has 216 valence electrons. The minimum Gasteiger partial charge on any atom is -0.388 e. The van der Waals surface area contributed by atoms with Crippen LogP contribution in [0.25, 0.3) is 0 Å². The van der Waals surface area contributed by atoms with Gasteiger partial charge in [0.15, 0.2) is 11.8 Å². The summed E-state index contributed by atoms with van der Waals surface area (Å²) in [7, 11) is 1.81. The summed E-state index contributed by atoms with van der Waals surface area (Å²) in [6.07, 6.45) is -1.01. The number of nitrogens with zero attached hydrogens (tertiary/aromatic N) is 1. The Morgan fingerprint density at radius 2 is 1.44 bits per heavy atom. The molecule has 41 heavy (non-hydrogen) atoms. The molecule has 1 atom stereocenters. The van der Waals surface area contributed by atoms with E-state index in [0.717, 1.165) is 11.3 Å². The number of rotatable bonds is 12. The molecule has 4 rings (SSSR count). The third-order valence-electron chi connectivity index (χ3n) is 6.82. The summed E-state index contributed by atoms with van der Waals surface area (Å²) in [6, 6.07) is 21.0. The van der Waals surface area contributed by atoms with Gasteiger partial charge >= 0.3 is 6.03 Å². The molecule has 1 aliphatic heterocycles. The van der Waals surface area contributed by atoms with Gasteiger partial charge in [-0.15, -0.1) is 0 Å². The maximum atomic E-state index is 14.3. The van der Waals surface area contributed by atoms with Crippen LogP contribution < -0.4 is 26.2 Å². The van der Waals surface area contributed by atoms with Crippen molar-refractivity contribution in [2.75, 3.05) is 47.7 Å². The molecule has 0 aliphatic carbocycles. The van der Waals surface area contributed by atoms with E-state index in [1.54, 1.807) is 55.6 Å². The molecule has 4 N–H and O–H groups in total. The van der Waals surface area contributed by atoms with Gasteiger partial charge < -0.3 is 35.6 Å². The zero-order valence-electron chi connectivity index (χ0n) is 23.8. The van der Waals surface area contributed by atoms with Gasteiger partial charge in [-0.3, -0.25) is 9.59 Å². The first kappa shape index (κ1) is 29.6. The van der Waals surface area contributed by atoms with E-state index >= 15 is 0 Å². The van der Waals surface area contributed by atoms with Crippen LogP contribution in [0, 0.1) is 6.92 Å². The van der Waals surface area contributed by atoms with Crippen LogP contribution in [0.3, 0.4) is 0 Å². The van der Waals surface area contributed by atoms with Crippen molar-refractivity contribution in [2.24, 2.45) is 0 Å². The molecular formula is C31H37N5O5. The fraction of sp³-hybridized carbons (Fsp3) is 0.323. The lowest BCUT2D eigenvalue weighted by Gasteiger charge is -2.30. The van der Waals surface area contributed by atoms with E-state index in [0.29, 0.717) is 35.8 Å². The number of ether oxygens (including phenoxy) is 2. The number of anilines is 4. The van der Waals surface area contributed by atoms with Crippen molar-refractivity contribution in [3.63, 3.8) is 0 Å². The average molecular weight is 560 g/mol. The first-order chi connectivity index (χ1) is 19.8. The zero-order valence-corrected chi connectivity index (χ0v) is 23.8. The molecular weight excluding hydrogens is 522 g/mol. The van der Waals surface area contributed by atoms with Gasteiger partial charge in [-0.1, -0.05) is 35.9 Å². The number of nitrogens with one attached hydrogen (secondary N) is 4. The fourth-order valence-corrected chi connectivity index (χ4v) is 4.88. The Morgan fingerprint density at radius 3 is 2.07 bits per heavy atom. The van der Waals surface area contributed by atoms with E-state index in [1.807, 2.05) is 45.0 Å². The summed E-state index contributed by atoms with van der Waals surface area (Å²) in [5.41, 5.74) is 2.46. The minimum absolute atomic E-state index is 0.0909. The number of hydrogen-bond acceptors (Lipinski definition) is 6. The third-order valence-corrected chi connectivity index (χ3v) is 6.82. The smallest absolute Gasteiger partial charge is 0.320 e. The summed E-state index contributed by atoms with van der Waals surface area (Å²) in [4.78, 5) is 42.7. The zero-order chi connectivity index (χ0) is 29.4. The molecule has 3 aromatic rings. The minimum atomic E-state index is -1.68. The van der Waals surface area contributed by atoms with Crippen LogP contribution in [0.15, 0.2) is 72.8 Å². The molecule has 0 bridgehead atoms. The maximum absolute atomic E-state index is 14.3. The van der Waals surface area contributed by atoms with E-state index in [1.165, 1.54) is 4.90 Å². The van der Waals surface area contributed by atoms with Crippen LogP contribution in [-0.4, -0.2) is 50.9 Å². The monoisotopic (exact) mass is 559 g/mol. The number of urea groups is 1. The first-order valence-corrected chi connectivity index (χ1v) is 13.7. The van der Waals surface area contributed by atoms with Crippen molar-refractivity contribution in [3.8, 4) is 0 Å². The van der Waals surface area contributed by atoms with Gasteiger partial charge in [-0.2, -0.15) is 0 Å². The summed E-state index contributed by atoms with van der Waals surface area (Å²) in [5, 5.41) is 11.6. The molecule has 0 saturated heterocycles. The Bertz CT molecular complexity index is 1360. The van der Waals surface area contributed by atoms with Crippen molar-refractivity contribution in [2.45, 2.75) is 39.0 Å². The van der Waals surface area contributed by atoms with Gasteiger partial charge in [-0.05, 0) is 63.2 Å². The highest BCUT2D eigenvalue weighted by Crippen LogP contribution is 2.43. The van der Waals surface area contributed by atoms with Crippen LogP contribution >= 0.6 is 0 Å². The van der Waals surface area contributed by atoms with Gasteiger partial charge in [0.25, 0.3) is 5.91 Å². The van der Waals surface area contributed by atoms with Crippen molar-refractivity contribution in [1.82, 2.24) is 5.32 Å².